The van der Waals surface area contributed by atoms with Crippen LogP contribution in [0.3, 0.4) is 0 Å². The molecule has 8 heteroatoms. The number of hydrogen-bond acceptors (Lipinski definition) is 6. The number of aromatic nitrogens is 3. The number of imidazole rings is 1. The van der Waals surface area contributed by atoms with E-state index in [2.05, 4.69) is 15.5 Å². The third kappa shape index (κ3) is 1.49. The summed E-state index contributed by atoms with van der Waals surface area (Å²) in [5.74, 6) is 0.765. The van der Waals surface area contributed by atoms with Crippen molar-refractivity contribution in [2.45, 2.75) is 0 Å². The summed E-state index contributed by atoms with van der Waals surface area (Å²) >= 11 is 0. The quantitative estimate of drug-likeness (QED) is 0.616. The van der Waals surface area contributed by atoms with Crippen molar-refractivity contribution in [1.82, 2.24) is 14.7 Å². The summed E-state index contributed by atoms with van der Waals surface area (Å²) in [7, 11) is 3.24. The fraction of sp³-hybridized carbons (Fsp3) is 0.250. The number of nitrogens with one attached hydrogen (secondary N) is 1. The first-order valence-corrected chi connectivity index (χ1v) is 4.44. The maximum atomic E-state index is 10.6. The van der Waals surface area contributed by atoms with Crippen LogP contribution in [0.5, 0.6) is 0 Å². The van der Waals surface area contributed by atoms with Crippen molar-refractivity contribution >= 4 is 11.7 Å². The Hall–Kier alpha value is -2.38. The average molecular weight is 223 g/mol. The van der Waals surface area contributed by atoms with E-state index in [1.165, 1.54) is 10.8 Å². The lowest BCUT2D eigenvalue weighted by atomic mass is 10.4. The molecule has 0 amide bonds. The van der Waals surface area contributed by atoms with E-state index in [4.69, 9.17) is 4.52 Å². The van der Waals surface area contributed by atoms with E-state index in [9.17, 15) is 10.1 Å². The molecule has 0 unspecified atom stereocenters. The topological polar surface area (TPSA) is 99.0 Å². The monoisotopic (exact) mass is 223 g/mol. The average Bonchev–Trinajstić information content (AvgIpc) is 2.83. The highest BCUT2D eigenvalue weighted by Gasteiger charge is 2.20. The normalized spacial score (nSPS) is 10.4. The van der Waals surface area contributed by atoms with E-state index >= 15 is 0 Å². The molecular formula is C8H9N5O3. The SMILES string of the molecule is CNc1cc(-c2ncc([N+](=O)[O-])n2C)no1. The molecule has 2 heterocycles. The first-order chi connectivity index (χ1) is 7.63. The van der Waals surface area contributed by atoms with E-state index in [1.54, 1.807) is 20.2 Å². The van der Waals surface area contributed by atoms with Crippen LogP contribution in [-0.2, 0) is 7.05 Å². The predicted molar refractivity (Wildman–Crippen MR) is 54.9 cm³/mol. The van der Waals surface area contributed by atoms with Crippen molar-refractivity contribution in [2.24, 2.45) is 7.05 Å². The van der Waals surface area contributed by atoms with Gasteiger partial charge in [0.2, 0.25) is 5.88 Å². The highest BCUT2D eigenvalue weighted by Crippen LogP contribution is 2.23. The van der Waals surface area contributed by atoms with E-state index in [0.29, 0.717) is 17.4 Å². The Morgan fingerprint density at radius 3 is 2.88 bits per heavy atom. The Morgan fingerprint density at radius 2 is 2.38 bits per heavy atom. The summed E-state index contributed by atoms with van der Waals surface area (Å²) in [4.78, 5) is 14.0. The van der Waals surface area contributed by atoms with Gasteiger partial charge in [-0.2, -0.15) is 0 Å². The second-order valence-corrected chi connectivity index (χ2v) is 3.08. The molecule has 16 heavy (non-hydrogen) atoms. The Balaban J connectivity index is 2.44. The molecule has 0 spiro atoms. The highest BCUT2D eigenvalue weighted by molar-refractivity contribution is 5.56. The highest BCUT2D eigenvalue weighted by atomic mass is 16.6. The molecule has 0 atom stereocenters. The van der Waals surface area contributed by atoms with E-state index in [-0.39, 0.29) is 5.82 Å². The molecular weight excluding hydrogens is 214 g/mol. The third-order valence-corrected chi connectivity index (χ3v) is 2.14. The van der Waals surface area contributed by atoms with Crippen LogP contribution < -0.4 is 5.32 Å². The minimum atomic E-state index is -0.504. The molecule has 1 N–H and O–H groups in total. The second kappa shape index (κ2) is 3.65. The number of rotatable bonds is 3. The molecule has 0 aliphatic rings. The van der Waals surface area contributed by atoms with Gasteiger partial charge in [-0.1, -0.05) is 5.16 Å². The number of anilines is 1. The third-order valence-electron chi connectivity index (χ3n) is 2.14. The molecule has 0 fully saturated rings. The molecule has 8 nitrogen and oxygen atoms in total. The van der Waals surface area contributed by atoms with E-state index in [0.717, 1.165) is 0 Å². The first-order valence-electron chi connectivity index (χ1n) is 4.44. The maximum absolute atomic E-state index is 10.6. The minimum absolute atomic E-state index is 0.0935. The molecule has 0 aliphatic heterocycles. The van der Waals surface area contributed by atoms with Gasteiger partial charge in [-0.15, -0.1) is 0 Å². The molecule has 2 aromatic rings. The van der Waals surface area contributed by atoms with Gasteiger partial charge in [0.05, 0.1) is 7.05 Å². The lowest BCUT2D eigenvalue weighted by molar-refractivity contribution is -0.391. The minimum Gasteiger partial charge on any atom is -0.358 e. The van der Waals surface area contributed by atoms with Crippen LogP contribution >= 0.6 is 0 Å². The van der Waals surface area contributed by atoms with Crippen molar-refractivity contribution in [3.05, 3.63) is 22.4 Å². The van der Waals surface area contributed by atoms with Gasteiger partial charge in [-0.3, -0.25) is 0 Å². The Labute approximate surface area is 90.0 Å². The predicted octanol–water partition coefficient (Wildman–Crippen LogP) is 1.02. The van der Waals surface area contributed by atoms with Gasteiger partial charge in [0.15, 0.2) is 5.69 Å². The standard InChI is InChI=1S/C8H9N5O3/c1-9-6-3-5(11-16-6)8-10-4-7(12(8)2)13(14)15/h3-4,9H,1-2H3. The smallest absolute Gasteiger partial charge is 0.342 e. The van der Waals surface area contributed by atoms with Crippen molar-refractivity contribution < 1.29 is 9.45 Å². The molecule has 0 radical (unpaired) electrons. The lowest BCUT2D eigenvalue weighted by Gasteiger charge is -1.94. The van der Waals surface area contributed by atoms with Crippen LogP contribution in [0.15, 0.2) is 16.8 Å². The van der Waals surface area contributed by atoms with Gasteiger partial charge < -0.3 is 20.0 Å². The molecule has 0 bridgehead atoms. The number of nitrogens with zero attached hydrogens (tertiary/aromatic N) is 4. The number of nitro groups is 1. The summed E-state index contributed by atoms with van der Waals surface area (Å²) in [5, 5.41) is 17.1. The van der Waals surface area contributed by atoms with Crippen LogP contribution in [0, 0.1) is 10.1 Å². The van der Waals surface area contributed by atoms with Crippen molar-refractivity contribution in [2.75, 3.05) is 12.4 Å². The summed E-state index contributed by atoms with van der Waals surface area (Å²) < 4.78 is 6.25. The summed E-state index contributed by atoms with van der Waals surface area (Å²) in [6.45, 7) is 0. The van der Waals surface area contributed by atoms with E-state index < -0.39 is 4.92 Å². The van der Waals surface area contributed by atoms with Gasteiger partial charge in [0, 0.05) is 13.1 Å². The van der Waals surface area contributed by atoms with Crippen molar-refractivity contribution in [1.29, 1.82) is 0 Å². The van der Waals surface area contributed by atoms with Crippen LogP contribution in [0.1, 0.15) is 0 Å². The van der Waals surface area contributed by atoms with Gasteiger partial charge >= 0.3 is 5.82 Å². The molecule has 2 aromatic heterocycles. The van der Waals surface area contributed by atoms with E-state index in [1.807, 2.05) is 0 Å². The Morgan fingerprint density at radius 1 is 1.62 bits per heavy atom. The molecule has 0 saturated carbocycles. The molecule has 0 saturated heterocycles. The van der Waals surface area contributed by atoms with Gasteiger partial charge in [-0.05, 0) is 4.92 Å². The molecule has 0 aromatic carbocycles. The lowest BCUT2D eigenvalue weighted by Crippen LogP contribution is -1.98. The molecule has 0 aliphatic carbocycles. The molecule has 2 rings (SSSR count). The Kier molecular flexibility index (Phi) is 2.31. The zero-order chi connectivity index (χ0) is 11.7. The zero-order valence-corrected chi connectivity index (χ0v) is 8.67. The van der Waals surface area contributed by atoms with Crippen LogP contribution in [-0.4, -0.2) is 26.7 Å². The van der Waals surface area contributed by atoms with Crippen LogP contribution in [0.25, 0.3) is 11.5 Å². The zero-order valence-electron chi connectivity index (χ0n) is 8.67. The largest absolute Gasteiger partial charge is 0.358 e. The first kappa shape index (κ1) is 10.1. The van der Waals surface area contributed by atoms with Gasteiger partial charge in [0.1, 0.15) is 6.20 Å². The van der Waals surface area contributed by atoms with Gasteiger partial charge in [0.25, 0.3) is 5.82 Å². The van der Waals surface area contributed by atoms with Crippen molar-refractivity contribution in [3.8, 4) is 11.5 Å². The number of hydrogen-bond donors (Lipinski definition) is 1. The molecule has 84 valence electrons. The fourth-order valence-corrected chi connectivity index (χ4v) is 1.31. The Bertz CT molecular complexity index is 530. The van der Waals surface area contributed by atoms with Crippen molar-refractivity contribution in [3.63, 3.8) is 0 Å². The summed E-state index contributed by atoms with van der Waals surface area (Å²) in [6, 6.07) is 1.62. The summed E-state index contributed by atoms with van der Waals surface area (Å²) in [6.07, 6.45) is 1.18. The van der Waals surface area contributed by atoms with Gasteiger partial charge in [-0.25, -0.2) is 9.55 Å². The second-order valence-electron chi connectivity index (χ2n) is 3.08. The summed E-state index contributed by atoms with van der Waals surface area (Å²) in [5.41, 5.74) is 0.444. The maximum Gasteiger partial charge on any atom is 0.342 e. The fourth-order valence-electron chi connectivity index (χ4n) is 1.31. The van der Waals surface area contributed by atoms with Crippen LogP contribution in [0.2, 0.25) is 0 Å². The van der Waals surface area contributed by atoms with Crippen LogP contribution in [0.4, 0.5) is 11.7 Å².